The summed E-state index contributed by atoms with van der Waals surface area (Å²) in [6, 6.07) is 24.7. The van der Waals surface area contributed by atoms with Gasteiger partial charge in [0.1, 0.15) is 0 Å². The number of rotatable bonds is 4. The van der Waals surface area contributed by atoms with Crippen molar-refractivity contribution in [2.45, 2.75) is 19.3 Å². The van der Waals surface area contributed by atoms with E-state index in [2.05, 4.69) is 81.3 Å². The van der Waals surface area contributed by atoms with Crippen LogP contribution in [0.3, 0.4) is 0 Å². The molecule has 1 fully saturated rings. The van der Waals surface area contributed by atoms with Gasteiger partial charge in [-0.05, 0) is 42.7 Å². The summed E-state index contributed by atoms with van der Waals surface area (Å²) in [6.45, 7) is 4.03. The molecule has 136 valence electrons. The molecule has 3 heteroatoms. The van der Waals surface area contributed by atoms with Gasteiger partial charge in [-0.15, -0.1) is 0 Å². The van der Waals surface area contributed by atoms with Crippen molar-refractivity contribution >= 4 is 16.6 Å². The van der Waals surface area contributed by atoms with E-state index in [-0.39, 0.29) is 0 Å². The van der Waals surface area contributed by atoms with Crippen molar-refractivity contribution in [3.8, 4) is 12.0 Å². The van der Waals surface area contributed by atoms with Gasteiger partial charge in [-0.3, -0.25) is 4.98 Å². The van der Waals surface area contributed by atoms with Crippen molar-refractivity contribution in [3.63, 3.8) is 0 Å². The summed E-state index contributed by atoms with van der Waals surface area (Å²) < 4.78 is 0. The van der Waals surface area contributed by atoms with Crippen LogP contribution in [0.5, 0.6) is 0 Å². The normalized spacial score (nSPS) is 14.1. The molecular formula is C24H25N3. The van der Waals surface area contributed by atoms with Crippen LogP contribution in [-0.4, -0.2) is 36.1 Å². The first-order chi connectivity index (χ1) is 13.4. The van der Waals surface area contributed by atoms with E-state index in [0.29, 0.717) is 0 Å². The maximum Gasteiger partial charge on any atom is 0.0703 e. The molecule has 0 radical (unpaired) electrons. The van der Waals surface area contributed by atoms with Crippen molar-refractivity contribution in [1.29, 1.82) is 0 Å². The average Bonchev–Trinajstić information content (AvgIpc) is 2.74. The van der Waals surface area contributed by atoms with E-state index in [0.717, 1.165) is 51.0 Å². The summed E-state index contributed by atoms with van der Waals surface area (Å²) in [7, 11) is 0. The number of benzene rings is 2. The molecular weight excluding hydrogens is 330 g/mol. The number of piperazine rings is 1. The van der Waals surface area contributed by atoms with Crippen LogP contribution in [0.1, 0.15) is 18.4 Å². The van der Waals surface area contributed by atoms with E-state index >= 15 is 0 Å². The van der Waals surface area contributed by atoms with Gasteiger partial charge in [-0.2, -0.15) is 0 Å². The summed E-state index contributed by atoms with van der Waals surface area (Å²) >= 11 is 0. The van der Waals surface area contributed by atoms with Crippen LogP contribution in [-0.2, 0) is 6.42 Å². The Kier molecular flexibility index (Phi) is 5.55. The molecule has 1 aliphatic rings. The number of nitrogens with zero attached hydrogens (tertiary/aromatic N) is 3. The molecule has 4 rings (SSSR count). The quantitative estimate of drug-likeness (QED) is 0.513. The summed E-state index contributed by atoms with van der Waals surface area (Å²) in [4.78, 5) is 9.11. The van der Waals surface area contributed by atoms with E-state index in [1.807, 2.05) is 12.3 Å². The van der Waals surface area contributed by atoms with Crippen LogP contribution < -0.4 is 4.90 Å². The van der Waals surface area contributed by atoms with E-state index in [1.165, 1.54) is 16.6 Å². The largest absolute Gasteiger partial charge is 0.368 e. The predicted molar refractivity (Wildman–Crippen MR) is 113 cm³/mol. The molecule has 2 aromatic carbocycles. The zero-order chi connectivity index (χ0) is 18.3. The topological polar surface area (TPSA) is 19.4 Å². The number of anilines is 1. The number of unbranched alkanes of at least 4 members (excludes halogenated alkanes) is 1. The van der Waals surface area contributed by atoms with Crippen LogP contribution in [0.15, 0.2) is 66.9 Å². The first-order valence-electron chi connectivity index (χ1n) is 9.76. The third kappa shape index (κ3) is 4.60. The fourth-order valence-corrected chi connectivity index (χ4v) is 3.53. The second-order valence-electron chi connectivity index (χ2n) is 6.98. The smallest absolute Gasteiger partial charge is 0.0703 e. The van der Waals surface area contributed by atoms with E-state index in [4.69, 9.17) is 0 Å². The number of fused-ring (bicyclic) bond motifs is 1. The van der Waals surface area contributed by atoms with Crippen LogP contribution in [0.25, 0.3) is 10.9 Å². The predicted octanol–water partition coefficient (Wildman–Crippen LogP) is 4.34. The van der Waals surface area contributed by atoms with Gasteiger partial charge < -0.3 is 9.80 Å². The third-order valence-corrected chi connectivity index (χ3v) is 5.08. The lowest BCUT2D eigenvalue weighted by atomic mass is 10.1. The lowest BCUT2D eigenvalue weighted by Gasteiger charge is -2.34. The highest BCUT2D eigenvalue weighted by Gasteiger charge is 2.15. The van der Waals surface area contributed by atoms with Crippen LogP contribution in [0.2, 0.25) is 0 Å². The van der Waals surface area contributed by atoms with Crippen molar-refractivity contribution < 1.29 is 0 Å². The van der Waals surface area contributed by atoms with Gasteiger partial charge in [0.15, 0.2) is 0 Å². The minimum absolute atomic E-state index is 0.965. The summed E-state index contributed by atoms with van der Waals surface area (Å²) in [5.41, 5.74) is 3.74. The molecule has 3 aromatic rings. The van der Waals surface area contributed by atoms with Crippen LogP contribution in [0.4, 0.5) is 5.69 Å². The third-order valence-electron chi connectivity index (χ3n) is 5.08. The molecule has 0 amide bonds. The maximum absolute atomic E-state index is 4.40. The van der Waals surface area contributed by atoms with Gasteiger partial charge in [0, 0.05) is 55.9 Å². The molecule has 0 saturated carbocycles. The molecule has 2 heterocycles. The highest BCUT2D eigenvalue weighted by molar-refractivity contribution is 5.82. The maximum atomic E-state index is 4.40. The van der Waals surface area contributed by atoms with Crippen molar-refractivity contribution in [2.75, 3.05) is 31.1 Å². The Morgan fingerprint density at radius 1 is 0.889 bits per heavy atom. The Balaban J connectivity index is 1.25. The van der Waals surface area contributed by atoms with Gasteiger partial charge >= 0.3 is 0 Å². The lowest BCUT2D eigenvalue weighted by molar-refractivity contribution is 0.368. The van der Waals surface area contributed by atoms with Crippen molar-refractivity contribution in [1.82, 2.24) is 9.88 Å². The number of hydrogen-bond donors (Lipinski definition) is 0. The number of aromatic nitrogens is 1. The second-order valence-corrected chi connectivity index (χ2v) is 6.98. The fourth-order valence-electron chi connectivity index (χ4n) is 3.53. The number of aryl methyl sites for hydroxylation is 1. The van der Waals surface area contributed by atoms with Crippen LogP contribution >= 0.6 is 0 Å². The van der Waals surface area contributed by atoms with Gasteiger partial charge in [-0.1, -0.05) is 42.3 Å². The second kappa shape index (κ2) is 8.60. The summed E-state index contributed by atoms with van der Waals surface area (Å²) in [5, 5.41) is 1.20. The van der Waals surface area contributed by atoms with E-state index < -0.39 is 0 Å². The Morgan fingerprint density at radius 3 is 2.59 bits per heavy atom. The molecule has 27 heavy (non-hydrogen) atoms. The van der Waals surface area contributed by atoms with E-state index in [9.17, 15) is 0 Å². The summed E-state index contributed by atoms with van der Waals surface area (Å²) in [5.74, 6) is 3.35. The SMILES string of the molecule is C(#CN1CCN(c2ccc3ncccc3c2)CC1)CCCc1ccccc1. The molecule has 0 spiro atoms. The molecule has 1 saturated heterocycles. The highest BCUT2D eigenvalue weighted by Crippen LogP contribution is 2.21. The molecule has 0 unspecified atom stereocenters. The van der Waals surface area contributed by atoms with Gasteiger partial charge in [0.05, 0.1) is 5.52 Å². The average molecular weight is 355 g/mol. The molecule has 1 aliphatic heterocycles. The fraction of sp³-hybridized carbons (Fsp3) is 0.292. The Labute approximate surface area is 161 Å². The lowest BCUT2D eigenvalue weighted by Crippen LogP contribution is -2.44. The first-order valence-corrected chi connectivity index (χ1v) is 9.76. The molecule has 0 bridgehead atoms. The molecule has 1 aromatic heterocycles. The standard InChI is InChI=1S/C24H25N3/c1-3-8-21(9-4-1)10-5-2-6-15-26-16-18-27(19-17-26)23-12-13-24-22(20-23)11-7-14-25-24/h1,3-4,7-9,11-14,20H,2,5,10,16-19H2. The molecule has 0 aliphatic carbocycles. The minimum Gasteiger partial charge on any atom is -0.368 e. The Morgan fingerprint density at radius 2 is 1.74 bits per heavy atom. The molecule has 0 N–H and O–H groups in total. The monoisotopic (exact) mass is 355 g/mol. The van der Waals surface area contributed by atoms with Gasteiger partial charge in [0.25, 0.3) is 0 Å². The first kappa shape index (κ1) is 17.4. The zero-order valence-electron chi connectivity index (χ0n) is 15.6. The highest BCUT2D eigenvalue weighted by atomic mass is 15.2. The number of pyridine rings is 1. The molecule has 3 nitrogen and oxygen atoms in total. The Bertz CT molecular complexity index is 932. The Hall–Kier alpha value is -2.99. The van der Waals surface area contributed by atoms with E-state index in [1.54, 1.807) is 0 Å². The van der Waals surface area contributed by atoms with Crippen molar-refractivity contribution in [3.05, 3.63) is 72.4 Å². The van der Waals surface area contributed by atoms with Crippen LogP contribution in [0, 0.1) is 12.0 Å². The summed E-state index contributed by atoms with van der Waals surface area (Å²) in [6.07, 6.45) is 5.05. The van der Waals surface area contributed by atoms with Gasteiger partial charge in [-0.25, -0.2) is 0 Å². The minimum atomic E-state index is 0.965. The molecule has 0 atom stereocenters. The number of hydrogen-bond acceptors (Lipinski definition) is 3. The van der Waals surface area contributed by atoms with Crippen molar-refractivity contribution in [2.24, 2.45) is 0 Å². The van der Waals surface area contributed by atoms with Gasteiger partial charge in [0.2, 0.25) is 0 Å². The zero-order valence-corrected chi connectivity index (χ0v) is 15.6.